The molecule has 0 unspecified atom stereocenters. The molecule has 0 radical (unpaired) electrons. The summed E-state index contributed by atoms with van der Waals surface area (Å²) in [7, 11) is 2.09. The third-order valence-corrected chi connectivity index (χ3v) is 3.11. The summed E-state index contributed by atoms with van der Waals surface area (Å²) < 4.78 is 5.78. The lowest BCUT2D eigenvalue weighted by atomic mass is 9.99. The highest BCUT2D eigenvalue weighted by Crippen LogP contribution is 2.31. The maximum Gasteiger partial charge on any atom is 0.226 e. The zero-order chi connectivity index (χ0) is 11.0. The second kappa shape index (κ2) is 4.10. The van der Waals surface area contributed by atoms with Crippen molar-refractivity contribution in [3.63, 3.8) is 0 Å². The first-order chi connectivity index (χ1) is 7.06. The van der Waals surface area contributed by atoms with Gasteiger partial charge in [-0.1, -0.05) is 0 Å². The summed E-state index contributed by atoms with van der Waals surface area (Å²) in [5.41, 5.74) is 0. The molecule has 0 aromatic rings. The minimum Gasteiger partial charge on any atom is -0.371 e. The lowest BCUT2D eigenvalue weighted by molar-refractivity contribution is -0.128. The molecule has 3 atom stereocenters. The molecule has 1 amide bonds. The predicted molar refractivity (Wildman–Crippen MR) is 57.5 cm³/mol. The van der Waals surface area contributed by atoms with Gasteiger partial charge in [0.05, 0.1) is 18.1 Å². The van der Waals surface area contributed by atoms with Crippen LogP contribution in [0.15, 0.2) is 0 Å². The van der Waals surface area contributed by atoms with Gasteiger partial charge in [0.15, 0.2) is 0 Å². The van der Waals surface area contributed by atoms with E-state index in [0.717, 1.165) is 19.5 Å². The van der Waals surface area contributed by atoms with E-state index in [4.69, 9.17) is 4.74 Å². The van der Waals surface area contributed by atoms with Gasteiger partial charge in [-0.2, -0.15) is 0 Å². The number of carbonyl (C=O) groups excluding carboxylic acids is 1. The number of rotatable bonds is 2. The molecule has 0 aromatic heterocycles. The zero-order valence-corrected chi connectivity index (χ0v) is 9.69. The van der Waals surface area contributed by atoms with Gasteiger partial charge >= 0.3 is 0 Å². The van der Waals surface area contributed by atoms with Crippen molar-refractivity contribution in [2.45, 2.75) is 38.5 Å². The van der Waals surface area contributed by atoms with Gasteiger partial charge in [-0.25, -0.2) is 0 Å². The fourth-order valence-corrected chi connectivity index (χ4v) is 2.52. The number of morpholine rings is 1. The minimum absolute atomic E-state index is 0.0577. The number of hydrogen-bond acceptors (Lipinski definition) is 3. The maximum atomic E-state index is 11.9. The van der Waals surface area contributed by atoms with Crippen LogP contribution in [0.1, 0.15) is 20.3 Å². The van der Waals surface area contributed by atoms with E-state index in [2.05, 4.69) is 17.3 Å². The third-order valence-electron chi connectivity index (χ3n) is 3.11. The maximum absolute atomic E-state index is 11.9. The summed E-state index contributed by atoms with van der Waals surface area (Å²) in [5, 5.41) is 2.97. The summed E-state index contributed by atoms with van der Waals surface area (Å²) in [4.78, 5) is 14.1. The number of likely N-dealkylation sites (N-methyl/N-ethyl adjacent to an activating group) is 1. The van der Waals surface area contributed by atoms with Gasteiger partial charge in [-0.05, 0) is 27.3 Å². The van der Waals surface area contributed by atoms with E-state index in [-0.39, 0.29) is 30.1 Å². The fraction of sp³-hybridized carbons (Fsp3) is 0.909. The zero-order valence-electron chi connectivity index (χ0n) is 9.69. The van der Waals surface area contributed by atoms with Gasteiger partial charge in [0, 0.05) is 19.1 Å². The van der Waals surface area contributed by atoms with Crippen molar-refractivity contribution in [2.24, 2.45) is 5.92 Å². The molecule has 4 nitrogen and oxygen atoms in total. The Kier molecular flexibility index (Phi) is 2.98. The van der Waals surface area contributed by atoms with Crippen molar-refractivity contribution in [3.05, 3.63) is 0 Å². The Balaban J connectivity index is 1.97. The number of nitrogens with one attached hydrogen (secondary N) is 1. The monoisotopic (exact) mass is 212 g/mol. The van der Waals surface area contributed by atoms with E-state index >= 15 is 0 Å². The van der Waals surface area contributed by atoms with Crippen LogP contribution in [0.5, 0.6) is 0 Å². The summed E-state index contributed by atoms with van der Waals surface area (Å²) in [5.74, 6) is 0.218. The molecule has 2 bridgehead atoms. The number of amides is 1. The van der Waals surface area contributed by atoms with Crippen molar-refractivity contribution in [1.82, 2.24) is 10.2 Å². The van der Waals surface area contributed by atoms with Crippen LogP contribution in [0, 0.1) is 5.92 Å². The summed E-state index contributed by atoms with van der Waals surface area (Å²) >= 11 is 0. The van der Waals surface area contributed by atoms with Gasteiger partial charge in [-0.3, -0.25) is 4.79 Å². The van der Waals surface area contributed by atoms with Crippen LogP contribution in [0.4, 0.5) is 0 Å². The number of likely N-dealkylation sites (tertiary alicyclic amines) is 1. The molecular formula is C11H20N2O2. The van der Waals surface area contributed by atoms with E-state index in [9.17, 15) is 4.79 Å². The van der Waals surface area contributed by atoms with Crippen LogP contribution in [-0.4, -0.2) is 49.2 Å². The lowest BCUT2D eigenvalue weighted by Gasteiger charge is -2.29. The second-order valence-electron chi connectivity index (χ2n) is 5.02. The SMILES string of the molecule is CC(C)NC(=O)[C@@H]1C[C@H]2CN(C)C[C@@H]1O2. The molecule has 1 N–H and O–H groups in total. The van der Waals surface area contributed by atoms with E-state index in [0.29, 0.717) is 0 Å². The number of ether oxygens (including phenoxy) is 1. The average molecular weight is 212 g/mol. The molecule has 0 aliphatic carbocycles. The van der Waals surface area contributed by atoms with E-state index in [1.54, 1.807) is 0 Å². The molecule has 2 heterocycles. The normalized spacial score (nSPS) is 35.9. The largest absolute Gasteiger partial charge is 0.371 e. The molecule has 15 heavy (non-hydrogen) atoms. The second-order valence-corrected chi connectivity index (χ2v) is 5.02. The molecule has 2 rings (SSSR count). The van der Waals surface area contributed by atoms with Gasteiger partial charge in [0.25, 0.3) is 0 Å². The van der Waals surface area contributed by atoms with E-state index in [1.165, 1.54) is 0 Å². The van der Waals surface area contributed by atoms with Crippen molar-refractivity contribution in [3.8, 4) is 0 Å². The molecule has 0 saturated carbocycles. The Morgan fingerprint density at radius 2 is 2.20 bits per heavy atom. The first kappa shape index (κ1) is 10.9. The summed E-state index contributed by atoms with van der Waals surface area (Å²) in [6, 6.07) is 0.218. The Morgan fingerprint density at radius 3 is 2.87 bits per heavy atom. The van der Waals surface area contributed by atoms with Crippen molar-refractivity contribution < 1.29 is 9.53 Å². The Morgan fingerprint density at radius 1 is 1.47 bits per heavy atom. The van der Waals surface area contributed by atoms with Crippen LogP contribution >= 0.6 is 0 Å². The predicted octanol–water partition coefficient (Wildman–Crippen LogP) is 0.230. The molecule has 4 heteroatoms. The standard InChI is InChI=1S/C11H20N2O2/c1-7(2)12-11(14)9-4-8-5-13(3)6-10(9)15-8/h7-10H,4-6H2,1-3H3,(H,12,14)/t8-,9+,10-/m0/s1. The highest BCUT2D eigenvalue weighted by molar-refractivity contribution is 5.80. The Labute approximate surface area is 91.0 Å². The van der Waals surface area contributed by atoms with Gasteiger partial charge in [0.2, 0.25) is 5.91 Å². The van der Waals surface area contributed by atoms with Crippen LogP contribution in [0.25, 0.3) is 0 Å². The molecule has 2 aliphatic heterocycles. The number of hydrogen-bond donors (Lipinski definition) is 1. The van der Waals surface area contributed by atoms with Crippen LogP contribution in [-0.2, 0) is 9.53 Å². The van der Waals surface area contributed by atoms with Crippen molar-refractivity contribution >= 4 is 5.91 Å². The topological polar surface area (TPSA) is 41.6 Å². The summed E-state index contributed by atoms with van der Waals surface area (Å²) in [6.07, 6.45) is 1.25. The molecule has 2 fully saturated rings. The number of fused-ring (bicyclic) bond motifs is 2. The molecule has 0 spiro atoms. The Hall–Kier alpha value is -0.610. The highest BCUT2D eigenvalue weighted by Gasteiger charge is 2.43. The van der Waals surface area contributed by atoms with Crippen LogP contribution in [0.3, 0.4) is 0 Å². The van der Waals surface area contributed by atoms with Gasteiger partial charge in [0.1, 0.15) is 0 Å². The quantitative estimate of drug-likeness (QED) is 0.712. The van der Waals surface area contributed by atoms with Crippen molar-refractivity contribution in [1.29, 1.82) is 0 Å². The van der Waals surface area contributed by atoms with E-state index < -0.39 is 0 Å². The smallest absolute Gasteiger partial charge is 0.226 e. The first-order valence-electron chi connectivity index (χ1n) is 5.70. The highest BCUT2D eigenvalue weighted by atomic mass is 16.5. The minimum atomic E-state index is 0.0577. The molecule has 2 aliphatic rings. The van der Waals surface area contributed by atoms with Crippen molar-refractivity contribution in [2.75, 3.05) is 20.1 Å². The lowest BCUT2D eigenvalue weighted by Crippen LogP contribution is -2.44. The molecule has 86 valence electrons. The molecular weight excluding hydrogens is 192 g/mol. The molecule has 0 aromatic carbocycles. The third kappa shape index (κ3) is 2.32. The summed E-state index contributed by atoms with van der Waals surface area (Å²) in [6.45, 7) is 5.83. The van der Waals surface area contributed by atoms with E-state index in [1.807, 2.05) is 13.8 Å². The average Bonchev–Trinajstić information content (AvgIpc) is 2.40. The molecule has 2 saturated heterocycles. The first-order valence-corrected chi connectivity index (χ1v) is 5.70. The number of nitrogens with zero attached hydrogens (tertiary/aromatic N) is 1. The van der Waals surface area contributed by atoms with Crippen LogP contribution < -0.4 is 5.32 Å². The van der Waals surface area contributed by atoms with Gasteiger partial charge < -0.3 is 15.0 Å². The van der Waals surface area contributed by atoms with Crippen LogP contribution in [0.2, 0.25) is 0 Å². The fourth-order valence-electron chi connectivity index (χ4n) is 2.52. The number of carbonyl (C=O) groups is 1. The van der Waals surface area contributed by atoms with Gasteiger partial charge in [-0.15, -0.1) is 0 Å². The Bertz CT molecular complexity index is 255.